The molecule has 0 aliphatic rings. The Hall–Kier alpha value is -1.02. The van der Waals surface area contributed by atoms with Gasteiger partial charge in [0, 0.05) is 12.1 Å². The standard InChI is InChI=1S/C15H25NO/c1-4-6-7-12(3)16-15(5-2)13-8-10-14(17)11-9-13/h8-12,15-17H,4-7H2,1-3H3. The Balaban J connectivity index is 2.56. The van der Waals surface area contributed by atoms with Gasteiger partial charge in [0.15, 0.2) is 0 Å². The smallest absolute Gasteiger partial charge is 0.115 e. The van der Waals surface area contributed by atoms with Crippen molar-refractivity contribution in [3.05, 3.63) is 29.8 Å². The minimum atomic E-state index is 0.336. The number of phenols is 1. The van der Waals surface area contributed by atoms with Crippen molar-refractivity contribution in [3.8, 4) is 5.75 Å². The lowest BCUT2D eigenvalue weighted by Crippen LogP contribution is -2.30. The van der Waals surface area contributed by atoms with Crippen LogP contribution in [0.15, 0.2) is 24.3 Å². The molecule has 2 atom stereocenters. The second-order valence-electron chi connectivity index (χ2n) is 4.76. The van der Waals surface area contributed by atoms with E-state index >= 15 is 0 Å². The van der Waals surface area contributed by atoms with Crippen LogP contribution in [0.3, 0.4) is 0 Å². The van der Waals surface area contributed by atoms with Gasteiger partial charge in [0.1, 0.15) is 5.75 Å². The molecular weight excluding hydrogens is 210 g/mol. The average molecular weight is 235 g/mol. The lowest BCUT2D eigenvalue weighted by atomic mass is 10.0. The molecule has 2 nitrogen and oxygen atoms in total. The molecule has 0 fully saturated rings. The molecular formula is C15H25NO. The molecule has 2 unspecified atom stereocenters. The van der Waals surface area contributed by atoms with Crippen LogP contribution in [0.25, 0.3) is 0 Å². The van der Waals surface area contributed by atoms with Crippen LogP contribution in [-0.4, -0.2) is 11.1 Å². The Morgan fingerprint density at radius 1 is 1.18 bits per heavy atom. The highest BCUT2D eigenvalue weighted by atomic mass is 16.3. The number of benzene rings is 1. The Bertz CT molecular complexity index is 307. The molecule has 2 heteroatoms. The molecule has 1 aromatic rings. The van der Waals surface area contributed by atoms with Crippen molar-refractivity contribution in [1.29, 1.82) is 0 Å². The fraction of sp³-hybridized carbons (Fsp3) is 0.600. The van der Waals surface area contributed by atoms with Crippen LogP contribution in [-0.2, 0) is 0 Å². The maximum Gasteiger partial charge on any atom is 0.115 e. The molecule has 0 radical (unpaired) electrons. The van der Waals surface area contributed by atoms with E-state index in [1.165, 1.54) is 24.8 Å². The fourth-order valence-corrected chi connectivity index (χ4v) is 2.09. The second-order valence-corrected chi connectivity index (χ2v) is 4.76. The lowest BCUT2D eigenvalue weighted by Gasteiger charge is -2.22. The summed E-state index contributed by atoms with van der Waals surface area (Å²) < 4.78 is 0. The highest BCUT2D eigenvalue weighted by Crippen LogP contribution is 2.20. The summed E-state index contributed by atoms with van der Waals surface area (Å²) in [5.41, 5.74) is 1.26. The predicted molar refractivity (Wildman–Crippen MR) is 73.3 cm³/mol. The average Bonchev–Trinajstić information content (AvgIpc) is 2.34. The molecule has 96 valence electrons. The van der Waals surface area contributed by atoms with E-state index in [9.17, 15) is 5.11 Å². The fourth-order valence-electron chi connectivity index (χ4n) is 2.09. The van der Waals surface area contributed by atoms with Crippen molar-refractivity contribution in [2.24, 2.45) is 0 Å². The number of aromatic hydroxyl groups is 1. The number of hydrogen-bond acceptors (Lipinski definition) is 2. The van der Waals surface area contributed by atoms with E-state index in [1.54, 1.807) is 12.1 Å². The van der Waals surface area contributed by atoms with Crippen molar-refractivity contribution in [1.82, 2.24) is 5.32 Å². The first-order chi connectivity index (χ1) is 8.17. The van der Waals surface area contributed by atoms with Gasteiger partial charge >= 0.3 is 0 Å². The van der Waals surface area contributed by atoms with Gasteiger partial charge in [0.05, 0.1) is 0 Å². The minimum absolute atomic E-state index is 0.336. The number of hydrogen-bond donors (Lipinski definition) is 2. The van der Waals surface area contributed by atoms with Gasteiger partial charge in [0.2, 0.25) is 0 Å². The first-order valence-corrected chi connectivity index (χ1v) is 6.72. The molecule has 0 bridgehead atoms. The van der Waals surface area contributed by atoms with Crippen LogP contribution in [0, 0.1) is 0 Å². The second kappa shape index (κ2) is 7.33. The van der Waals surface area contributed by atoms with Crippen LogP contribution >= 0.6 is 0 Å². The lowest BCUT2D eigenvalue weighted by molar-refractivity contribution is 0.417. The highest BCUT2D eigenvalue weighted by Gasteiger charge is 2.11. The molecule has 0 aromatic heterocycles. The monoisotopic (exact) mass is 235 g/mol. The molecule has 1 rings (SSSR count). The molecule has 0 amide bonds. The van der Waals surface area contributed by atoms with E-state index in [4.69, 9.17) is 0 Å². The molecule has 0 saturated carbocycles. The Morgan fingerprint density at radius 3 is 2.35 bits per heavy atom. The highest BCUT2D eigenvalue weighted by molar-refractivity contribution is 5.28. The third kappa shape index (κ3) is 4.78. The Kier molecular flexibility index (Phi) is 6.06. The van der Waals surface area contributed by atoms with Crippen molar-refractivity contribution >= 4 is 0 Å². The van der Waals surface area contributed by atoms with Gasteiger partial charge in [-0.15, -0.1) is 0 Å². The van der Waals surface area contributed by atoms with Gasteiger partial charge in [-0.3, -0.25) is 0 Å². The van der Waals surface area contributed by atoms with E-state index in [-0.39, 0.29) is 0 Å². The quantitative estimate of drug-likeness (QED) is 0.748. The van der Waals surface area contributed by atoms with Crippen molar-refractivity contribution in [3.63, 3.8) is 0 Å². The zero-order chi connectivity index (χ0) is 12.7. The number of rotatable bonds is 7. The predicted octanol–water partition coefficient (Wildman–Crippen LogP) is 4.01. The van der Waals surface area contributed by atoms with Gasteiger partial charge < -0.3 is 10.4 Å². The molecule has 1 aromatic carbocycles. The van der Waals surface area contributed by atoms with Gasteiger partial charge in [-0.2, -0.15) is 0 Å². The minimum Gasteiger partial charge on any atom is -0.508 e. The summed E-state index contributed by atoms with van der Waals surface area (Å²) in [6, 6.07) is 8.47. The van der Waals surface area contributed by atoms with Crippen LogP contribution in [0.1, 0.15) is 58.1 Å². The maximum absolute atomic E-state index is 9.29. The van der Waals surface area contributed by atoms with E-state index in [1.807, 2.05) is 12.1 Å². The van der Waals surface area contributed by atoms with Gasteiger partial charge in [-0.25, -0.2) is 0 Å². The summed E-state index contributed by atoms with van der Waals surface area (Å²) in [6.45, 7) is 6.67. The number of nitrogens with one attached hydrogen (secondary N) is 1. The van der Waals surface area contributed by atoms with Crippen LogP contribution in [0.2, 0.25) is 0 Å². The first kappa shape index (κ1) is 14.0. The van der Waals surface area contributed by atoms with Crippen molar-refractivity contribution in [2.75, 3.05) is 0 Å². The Morgan fingerprint density at radius 2 is 1.82 bits per heavy atom. The molecule has 0 aliphatic carbocycles. The van der Waals surface area contributed by atoms with Crippen molar-refractivity contribution in [2.45, 2.75) is 58.5 Å². The largest absolute Gasteiger partial charge is 0.508 e. The summed E-state index contributed by atoms with van der Waals surface area (Å²) in [5.74, 6) is 0.336. The van der Waals surface area contributed by atoms with Gasteiger partial charge in [-0.05, 0) is 37.5 Å². The summed E-state index contributed by atoms with van der Waals surface area (Å²) >= 11 is 0. The first-order valence-electron chi connectivity index (χ1n) is 6.72. The van der Waals surface area contributed by atoms with E-state index < -0.39 is 0 Å². The summed E-state index contributed by atoms with van der Waals surface area (Å²) in [6.07, 6.45) is 4.83. The third-order valence-corrected chi connectivity index (χ3v) is 3.18. The SMILES string of the molecule is CCCCC(C)NC(CC)c1ccc(O)cc1. The van der Waals surface area contributed by atoms with Crippen LogP contribution < -0.4 is 5.32 Å². The molecule has 2 N–H and O–H groups in total. The number of unbranched alkanes of at least 4 members (excludes halogenated alkanes) is 1. The molecule has 0 spiro atoms. The van der Waals surface area contributed by atoms with Gasteiger partial charge in [-0.1, -0.05) is 38.8 Å². The third-order valence-electron chi connectivity index (χ3n) is 3.18. The summed E-state index contributed by atoms with van der Waals surface area (Å²) in [7, 11) is 0. The summed E-state index contributed by atoms with van der Waals surface area (Å²) in [5, 5.41) is 12.9. The molecule has 0 saturated heterocycles. The van der Waals surface area contributed by atoms with E-state index in [2.05, 4.69) is 26.1 Å². The molecule has 17 heavy (non-hydrogen) atoms. The zero-order valence-electron chi connectivity index (χ0n) is 11.2. The van der Waals surface area contributed by atoms with Gasteiger partial charge in [0.25, 0.3) is 0 Å². The molecule has 0 heterocycles. The topological polar surface area (TPSA) is 32.3 Å². The maximum atomic E-state index is 9.29. The van der Waals surface area contributed by atoms with Crippen LogP contribution in [0.5, 0.6) is 5.75 Å². The van der Waals surface area contributed by atoms with Crippen LogP contribution in [0.4, 0.5) is 0 Å². The van der Waals surface area contributed by atoms with E-state index in [0.29, 0.717) is 17.8 Å². The number of phenolic OH excluding ortho intramolecular Hbond substituents is 1. The van der Waals surface area contributed by atoms with E-state index in [0.717, 1.165) is 6.42 Å². The normalized spacial score (nSPS) is 14.5. The zero-order valence-corrected chi connectivity index (χ0v) is 11.2. The van der Waals surface area contributed by atoms with Crippen molar-refractivity contribution < 1.29 is 5.11 Å². The Labute approximate surface area is 105 Å². The summed E-state index contributed by atoms with van der Waals surface area (Å²) in [4.78, 5) is 0. The molecule has 0 aliphatic heterocycles.